The van der Waals surface area contributed by atoms with Crippen molar-refractivity contribution in [2.45, 2.75) is 111 Å². The summed E-state index contributed by atoms with van der Waals surface area (Å²) in [5.41, 5.74) is 4.95. The van der Waals surface area contributed by atoms with Crippen LogP contribution in [0.3, 0.4) is 0 Å². The van der Waals surface area contributed by atoms with Gasteiger partial charge < -0.3 is 0 Å². The molecule has 1 aromatic rings. The van der Waals surface area contributed by atoms with Crippen LogP contribution in [0.15, 0.2) is 12.1 Å². The fourth-order valence-electron chi connectivity index (χ4n) is 3.25. The second-order valence-electron chi connectivity index (χ2n) is 9.47. The van der Waals surface area contributed by atoms with Gasteiger partial charge in [-0.25, -0.2) is 0 Å². The van der Waals surface area contributed by atoms with Crippen LogP contribution in [0.2, 0.25) is 0 Å². The van der Waals surface area contributed by atoms with E-state index in [2.05, 4.69) is 69.8 Å². The molecular weight excluding hydrogens is 307 g/mol. The maximum absolute atomic E-state index is 3.04. The molecule has 0 heterocycles. The van der Waals surface area contributed by atoms with E-state index in [1.807, 2.05) is 0 Å². The Morgan fingerprint density at radius 2 is 1.29 bits per heavy atom. The van der Waals surface area contributed by atoms with Crippen molar-refractivity contribution < 1.29 is 0 Å². The number of benzene rings is 1. The van der Waals surface area contributed by atoms with E-state index in [1.54, 1.807) is 5.56 Å². The van der Waals surface area contributed by atoms with E-state index in [-0.39, 0.29) is 10.8 Å². The number of unbranched alkanes of at least 4 members (excludes halogenated alkanes) is 6. The topological polar surface area (TPSA) is 0 Å². The molecular formula is C23H41P. The summed E-state index contributed by atoms with van der Waals surface area (Å²) < 4.78 is 0. The summed E-state index contributed by atoms with van der Waals surface area (Å²) in [4.78, 5) is 0. The zero-order valence-electron chi connectivity index (χ0n) is 17.4. The molecule has 0 radical (unpaired) electrons. The second-order valence-corrected chi connectivity index (χ2v) is 10.0. The zero-order chi connectivity index (χ0) is 18.4. The first-order valence-corrected chi connectivity index (χ1v) is 10.6. The Labute approximate surface area is 154 Å². The van der Waals surface area contributed by atoms with E-state index in [0.29, 0.717) is 0 Å². The third kappa shape index (κ3) is 6.87. The van der Waals surface area contributed by atoms with Gasteiger partial charge in [-0.05, 0) is 45.7 Å². The fourth-order valence-corrected chi connectivity index (χ4v) is 3.99. The molecule has 0 fully saturated rings. The molecule has 0 spiro atoms. The minimum Gasteiger partial charge on any atom is -0.105 e. The smallest absolute Gasteiger partial charge is 0.0126 e. The van der Waals surface area contributed by atoms with E-state index in [0.717, 1.165) is 0 Å². The van der Waals surface area contributed by atoms with E-state index in [4.69, 9.17) is 0 Å². The van der Waals surface area contributed by atoms with Gasteiger partial charge in [0, 0.05) is 0 Å². The average Bonchev–Trinajstić information content (AvgIpc) is 2.45. The summed E-state index contributed by atoms with van der Waals surface area (Å²) in [7, 11) is 3.04. The Balaban J connectivity index is 2.82. The Hall–Kier alpha value is -0.350. The molecule has 0 amide bonds. The molecule has 0 aliphatic heterocycles. The van der Waals surface area contributed by atoms with Crippen molar-refractivity contribution in [3.8, 4) is 0 Å². The van der Waals surface area contributed by atoms with Gasteiger partial charge in [-0.3, -0.25) is 0 Å². The van der Waals surface area contributed by atoms with E-state index in [1.165, 1.54) is 67.8 Å². The Kier molecular flexibility index (Phi) is 8.47. The molecule has 1 atom stereocenters. The molecule has 1 aromatic carbocycles. The minimum atomic E-state index is 0.202. The van der Waals surface area contributed by atoms with Crippen LogP contribution in [-0.4, -0.2) is 0 Å². The summed E-state index contributed by atoms with van der Waals surface area (Å²) in [5.74, 6) is 0. The maximum Gasteiger partial charge on any atom is -0.0126 e. The number of aryl methyl sites for hydroxylation is 1. The summed E-state index contributed by atoms with van der Waals surface area (Å²) in [5, 5.41) is 1.45. The second kappa shape index (κ2) is 9.38. The van der Waals surface area contributed by atoms with Crippen molar-refractivity contribution in [2.24, 2.45) is 0 Å². The first-order valence-electron chi connectivity index (χ1n) is 10.0. The van der Waals surface area contributed by atoms with Gasteiger partial charge in [0.15, 0.2) is 0 Å². The van der Waals surface area contributed by atoms with Gasteiger partial charge in [-0.1, -0.05) is 99.1 Å². The van der Waals surface area contributed by atoms with Crippen molar-refractivity contribution in [3.63, 3.8) is 0 Å². The number of rotatable bonds is 8. The third-order valence-corrected chi connectivity index (χ3v) is 5.67. The minimum absolute atomic E-state index is 0.202. The molecule has 0 saturated carbocycles. The van der Waals surface area contributed by atoms with E-state index in [9.17, 15) is 0 Å². The Morgan fingerprint density at radius 3 is 1.79 bits per heavy atom. The van der Waals surface area contributed by atoms with Gasteiger partial charge in [0.1, 0.15) is 0 Å². The Morgan fingerprint density at radius 1 is 0.750 bits per heavy atom. The molecule has 24 heavy (non-hydrogen) atoms. The van der Waals surface area contributed by atoms with Crippen molar-refractivity contribution in [1.29, 1.82) is 0 Å². The van der Waals surface area contributed by atoms with Crippen molar-refractivity contribution >= 4 is 14.5 Å². The number of hydrogen-bond acceptors (Lipinski definition) is 0. The molecule has 138 valence electrons. The lowest BCUT2D eigenvalue weighted by atomic mass is 9.79. The quantitative estimate of drug-likeness (QED) is 0.348. The highest BCUT2D eigenvalue weighted by atomic mass is 31.0. The molecule has 1 unspecified atom stereocenters. The van der Waals surface area contributed by atoms with Crippen molar-refractivity contribution in [3.05, 3.63) is 28.8 Å². The standard InChI is InChI=1S/C23H41P/c1-8-9-10-11-12-13-14-15-18-16-19(22(2,3)4)17-20(21(18)24)23(5,6)7/h16-17H,8-15,24H2,1-7H3. The van der Waals surface area contributed by atoms with Crippen LogP contribution >= 0.6 is 9.24 Å². The third-order valence-electron chi connectivity index (χ3n) is 4.99. The SMILES string of the molecule is CCCCCCCCCc1cc(C(C)(C)C)cc(C(C)(C)C)c1P. The molecule has 0 nitrogen and oxygen atoms in total. The highest BCUT2D eigenvalue weighted by Gasteiger charge is 2.23. The van der Waals surface area contributed by atoms with E-state index >= 15 is 0 Å². The maximum atomic E-state index is 3.04. The molecule has 0 saturated heterocycles. The van der Waals surface area contributed by atoms with Gasteiger partial charge in [-0.15, -0.1) is 9.24 Å². The summed E-state index contributed by atoms with van der Waals surface area (Å²) in [6, 6.07) is 4.91. The van der Waals surface area contributed by atoms with Crippen LogP contribution in [0, 0.1) is 0 Å². The molecule has 0 aromatic heterocycles. The molecule has 1 heteroatoms. The molecule has 0 N–H and O–H groups in total. The lowest BCUT2D eigenvalue weighted by Gasteiger charge is -2.28. The van der Waals surface area contributed by atoms with Gasteiger partial charge >= 0.3 is 0 Å². The predicted octanol–water partition coefficient (Wildman–Crippen LogP) is 7.08. The zero-order valence-corrected chi connectivity index (χ0v) is 18.5. The number of hydrogen-bond donors (Lipinski definition) is 0. The first-order chi connectivity index (χ1) is 11.1. The van der Waals surface area contributed by atoms with Gasteiger partial charge in [0.2, 0.25) is 0 Å². The van der Waals surface area contributed by atoms with Crippen LogP contribution in [0.1, 0.15) is 110 Å². The lowest BCUT2D eigenvalue weighted by molar-refractivity contribution is 0.567. The highest BCUT2D eigenvalue weighted by Crippen LogP contribution is 2.30. The van der Waals surface area contributed by atoms with Crippen LogP contribution in [-0.2, 0) is 17.3 Å². The monoisotopic (exact) mass is 348 g/mol. The van der Waals surface area contributed by atoms with E-state index < -0.39 is 0 Å². The molecule has 1 rings (SSSR count). The van der Waals surface area contributed by atoms with Crippen LogP contribution in [0.5, 0.6) is 0 Å². The van der Waals surface area contributed by atoms with Crippen molar-refractivity contribution in [1.82, 2.24) is 0 Å². The van der Waals surface area contributed by atoms with Crippen molar-refractivity contribution in [2.75, 3.05) is 0 Å². The summed E-state index contributed by atoms with van der Waals surface area (Å²) in [6.45, 7) is 16.3. The lowest BCUT2D eigenvalue weighted by Crippen LogP contribution is -2.24. The normalized spacial score (nSPS) is 12.7. The molecule has 0 bridgehead atoms. The largest absolute Gasteiger partial charge is 0.105 e. The van der Waals surface area contributed by atoms with Gasteiger partial charge in [0.25, 0.3) is 0 Å². The molecule has 0 aliphatic carbocycles. The first kappa shape index (κ1) is 21.7. The summed E-state index contributed by atoms with van der Waals surface area (Å²) >= 11 is 0. The van der Waals surface area contributed by atoms with Crippen LogP contribution < -0.4 is 5.30 Å². The van der Waals surface area contributed by atoms with Crippen LogP contribution in [0.25, 0.3) is 0 Å². The van der Waals surface area contributed by atoms with Gasteiger partial charge in [0.05, 0.1) is 0 Å². The summed E-state index contributed by atoms with van der Waals surface area (Å²) in [6.07, 6.45) is 10.9. The van der Waals surface area contributed by atoms with Gasteiger partial charge in [-0.2, -0.15) is 0 Å². The average molecular weight is 349 g/mol. The fraction of sp³-hybridized carbons (Fsp3) is 0.739. The molecule has 0 aliphatic rings. The Bertz CT molecular complexity index is 500. The van der Waals surface area contributed by atoms with Crippen LogP contribution in [0.4, 0.5) is 0 Å². The predicted molar refractivity (Wildman–Crippen MR) is 115 cm³/mol. The highest BCUT2D eigenvalue weighted by molar-refractivity contribution is 7.27.